The fraction of sp³-hybridized carbons (Fsp3) is 0.464. The predicted octanol–water partition coefficient (Wildman–Crippen LogP) is 4.85. The summed E-state index contributed by atoms with van der Waals surface area (Å²) >= 11 is 12.0. The zero-order valence-corrected chi connectivity index (χ0v) is 22.8. The maximum Gasteiger partial charge on any atom is 0.328 e. The lowest BCUT2D eigenvalue weighted by Gasteiger charge is -2.32. The van der Waals surface area contributed by atoms with Crippen molar-refractivity contribution in [2.45, 2.75) is 51.5 Å². The minimum absolute atomic E-state index is 0.129. The number of piperidine rings is 1. The summed E-state index contributed by atoms with van der Waals surface area (Å²) in [6.45, 7) is 3.83. The van der Waals surface area contributed by atoms with Crippen molar-refractivity contribution in [1.82, 2.24) is 10.2 Å². The number of methoxy groups -OCH3 is 1. The summed E-state index contributed by atoms with van der Waals surface area (Å²) in [6.07, 6.45) is 3.17. The number of carbonyl (C=O) groups excluding carboxylic acids is 3. The van der Waals surface area contributed by atoms with Crippen LogP contribution in [-0.4, -0.2) is 55.5 Å². The number of benzene rings is 2. The van der Waals surface area contributed by atoms with Crippen LogP contribution in [0.25, 0.3) is 0 Å². The van der Waals surface area contributed by atoms with E-state index in [1.54, 1.807) is 18.2 Å². The summed E-state index contributed by atoms with van der Waals surface area (Å²) in [5, 5.41) is 3.61. The lowest BCUT2D eigenvalue weighted by atomic mass is 9.92. The summed E-state index contributed by atoms with van der Waals surface area (Å²) in [6, 6.07) is 12.1. The van der Waals surface area contributed by atoms with Gasteiger partial charge in [-0.3, -0.25) is 9.59 Å². The Hall–Kier alpha value is -2.77. The van der Waals surface area contributed by atoms with E-state index in [0.29, 0.717) is 49.0 Å². The molecule has 0 saturated carbocycles. The average Bonchev–Trinajstić information content (AvgIpc) is 2.90. The minimum Gasteiger partial charge on any atom is -0.494 e. The molecule has 1 atom stereocenters. The van der Waals surface area contributed by atoms with E-state index in [2.05, 4.69) is 5.32 Å². The van der Waals surface area contributed by atoms with Gasteiger partial charge in [-0.15, -0.1) is 0 Å². The lowest BCUT2D eigenvalue weighted by molar-refractivity contribution is -0.145. The Labute approximate surface area is 228 Å². The molecule has 3 rings (SSSR count). The second-order valence-electron chi connectivity index (χ2n) is 9.20. The molecular formula is C28H34Cl2N2O5. The fourth-order valence-electron chi connectivity index (χ4n) is 4.47. The van der Waals surface area contributed by atoms with Crippen LogP contribution in [0.5, 0.6) is 5.75 Å². The van der Waals surface area contributed by atoms with Gasteiger partial charge in [0.25, 0.3) is 0 Å². The average molecular weight is 549 g/mol. The number of nitrogens with zero attached hydrogens (tertiary/aromatic N) is 1. The molecule has 2 aromatic carbocycles. The van der Waals surface area contributed by atoms with Crippen LogP contribution in [0, 0.1) is 5.92 Å². The first-order chi connectivity index (χ1) is 17.8. The second kappa shape index (κ2) is 14.2. The number of hydrogen-bond donors (Lipinski definition) is 1. The van der Waals surface area contributed by atoms with E-state index in [0.717, 1.165) is 29.7 Å². The topological polar surface area (TPSA) is 84.9 Å². The third-order valence-corrected chi connectivity index (χ3v) is 7.29. The van der Waals surface area contributed by atoms with Gasteiger partial charge >= 0.3 is 5.97 Å². The number of ether oxygens (including phenoxy) is 2. The van der Waals surface area contributed by atoms with Gasteiger partial charge in [-0.05, 0) is 67.5 Å². The molecule has 0 aromatic heterocycles. The van der Waals surface area contributed by atoms with E-state index in [9.17, 15) is 14.4 Å². The number of carbonyl (C=O) groups is 3. The van der Waals surface area contributed by atoms with E-state index in [-0.39, 0.29) is 24.2 Å². The molecule has 0 aliphatic carbocycles. The lowest BCUT2D eigenvalue weighted by Crippen LogP contribution is -2.44. The molecule has 1 N–H and O–H groups in total. The zero-order valence-electron chi connectivity index (χ0n) is 21.3. The van der Waals surface area contributed by atoms with Crippen LogP contribution in [0.4, 0.5) is 0 Å². The monoisotopic (exact) mass is 548 g/mol. The van der Waals surface area contributed by atoms with E-state index in [4.69, 9.17) is 32.7 Å². The van der Waals surface area contributed by atoms with Crippen molar-refractivity contribution in [1.29, 1.82) is 0 Å². The molecule has 1 fully saturated rings. The highest BCUT2D eigenvalue weighted by Crippen LogP contribution is 2.24. The number of hydrogen-bond acceptors (Lipinski definition) is 5. The Morgan fingerprint density at radius 2 is 1.70 bits per heavy atom. The van der Waals surface area contributed by atoms with E-state index >= 15 is 0 Å². The van der Waals surface area contributed by atoms with Gasteiger partial charge in [0.1, 0.15) is 11.8 Å². The molecule has 1 aliphatic heterocycles. The molecule has 37 heavy (non-hydrogen) atoms. The molecule has 2 aromatic rings. The Bertz CT molecular complexity index is 1070. The zero-order chi connectivity index (χ0) is 26.8. The smallest absolute Gasteiger partial charge is 0.328 e. The first kappa shape index (κ1) is 28.8. The Morgan fingerprint density at radius 3 is 2.32 bits per heavy atom. The van der Waals surface area contributed by atoms with Crippen LogP contribution >= 0.6 is 23.2 Å². The Morgan fingerprint density at radius 1 is 1.03 bits per heavy atom. The van der Waals surface area contributed by atoms with E-state index in [1.165, 1.54) is 7.11 Å². The second-order valence-corrected chi connectivity index (χ2v) is 10.0. The highest BCUT2D eigenvalue weighted by atomic mass is 35.5. The number of aryl methyl sites for hydroxylation is 1. The van der Waals surface area contributed by atoms with Crippen molar-refractivity contribution in [3.63, 3.8) is 0 Å². The van der Waals surface area contributed by atoms with Crippen LogP contribution in [0.2, 0.25) is 10.0 Å². The van der Waals surface area contributed by atoms with Gasteiger partial charge in [0, 0.05) is 32.4 Å². The highest BCUT2D eigenvalue weighted by molar-refractivity contribution is 6.42. The highest BCUT2D eigenvalue weighted by Gasteiger charge is 2.27. The molecule has 7 nitrogen and oxygen atoms in total. The number of rotatable bonds is 11. The van der Waals surface area contributed by atoms with Gasteiger partial charge in [0.05, 0.1) is 23.8 Å². The molecule has 1 heterocycles. The van der Waals surface area contributed by atoms with Crippen LogP contribution in [0.15, 0.2) is 42.5 Å². The number of esters is 1. The molecule has 0 unspecified atom stereocenters. The van der Waals surface area contributed by atoms with Crippen LogP contribution < -0.4 is 10.1 Å². The predicted molar refractivity (Wildman–Crippen MR) is 144 cm³/mol. The third kappa shape index (κ3) is 8.93. The summed E-state index contributed by atoms with van der Waals surface area (Å²) < 4.78 is 10.3. The van der Waals surface area contributed by atoms with Crippen LogP contribution in [-0.2, 0) is 32.0 Å². The van der Waals surface area contributed by atoms with Crippen LogP contribution in [0.1, 0.15) is 43.7 Å². The quantitative estimate of drug-likeness (QED) is 0.405. The summed E-state index contributed by atoms with van der Waals surface area (Å²) in [7, 11) is 1.29. The number of likely N-dealkylation sites (tertiary alicyclic amines) is 1. The van der Waals surface area contributed by atoms with Gasteiger partial charge in [0.2, 0.25) is 11.8 Å². The molecule has 1 aliphatic rings. The molecule has 0 spiro atoms. The maximum atomic E-state index is 12.7. The van der Waals surface area contributed by atoms with Crippen LogP contribution in [0.3, 0.4) is 0 Å². The largest absolute Gasteiger partial charge is 0.494 e. The standard InChI is InChI=1S/C28H34Cl2N2O5/c1-3-37-22-8-4-19(5-9-22)7-11-27(34)32-14-12-20(13-15-32)18-26(33)31-25(28(35)36-2)17-21-6-10-23(29)24(30)16-21/h4-6,8-10,16,20,25H,3,7,11-15,17-18H2,1-2H3,(H,31,33)/t25-/m0/s1. The number of amides is 2. The van der Waals surface area contributed by atoms with Crippen molar-refractivity contribution < 1.29 is 23.9 Å². The number of nitrogens with one attached hydrogen (secondary N) is 1. The van der Waals surface area contributed by atoms with Gasteiger partial charge in [-0.25, -0.2) is 4.79 Å². The molecule has 0 radical (unpaired) electrons. The van der Waals surface area contributed by atoms with Crippen molar-refractivity contribution in [3.05, 3.63) is 63.6 Å². The summed E-state index contributed by atoms with van der Waals surface area (Å²) in [5.74, 6) is 0.377. The maximum absolute atomic E-state index is 12.7. The van der Waals surface area contributed by atoms with Gasteiger partial charge in [-0.2, -0.15) is 0 Å². The van der Waals surface area contributed by atoms with Crippen molar-refractivity contribution >= 4 is 41.0 Å². The molecule has 2 amide bonds. The number of halogens is 2. The minimum atomic E-state index is -0.820. The molecule has 1 saturated heterocycles. The summed E-state index contributed by atoms with van der Waals surface area (Å²) in [4.78, 5) is 39.6. The SMILES string of the molecule is CCOc1ccc(CCC(=O)N2CCC(CC(=O)N[C@@H](Cc3ccc(Cl)c(Cl)c3)C(=O)OC)CC2)cc1. The van der Waals surface area contributed by atoms with Gasteiger partial charge < -0.3 is 19.7 Å². The third-order valence-electron chi connectivity index (χ3n) is 6.55. The normalized spacial score (nSPS) is 14.6. The molecule has 200 valence electrons. The van der Waals surface area contributed by atoms with Crippen molar-refractivity contribution in [3.8, 4) is 5.75 Å². The first-order valence-corrected chi connectivity index (χ1v) is 13.3. The van der Waals surface area contributed by atoms with Crippen molar-refractivity contribution in [2.75, 3.05) is 26.8 Å². The Balaban J connectivity index is 1.43. The molecular weight excluding hydrogens is 515 g/mol. The van der Waals surface area contributed by atoms with Crippen molar-refractivity contribution in [2.24, 2.45) is 5.92 Å². The van der Waals surface area contributed by atoms with E-state index < -0.39 is 12.0 Å². The first-order valence-electron chi connectivity index (χ1n) is 12.6. The fourth-order valence-corrected chi connectivity index (χ4v) is 4.79. The van der Waals surface area contributed by atoms with Gasteiger partial charge in [0.15, 0.2) is 0 Å². The summed E-state index contributed by atoms with van der Waals surface area (Å²) in [5.41, 5.74) is 1.87. The molecule has 9 heteroatoms. The Kier molecular flexibility index (Phi) is 11.1. The van der Waals surface area contributed by atoms with E-state index in [1.807, 2.05) is 36.1 Å². The molecule has 0 bridgehead atoms. The van der Waals surface area contributed by atoms with Gasteiger partial charge in [-0.1, -0.05) is 41.4 Å².